The first-order valence-corrected chi connectivity index (χ1v) is 11.9. The van der Waals surface area contributed by atoms with Crippen molar-refractivity contribution in [2.75, 3.05) is 30.8 Å². The van der Waals surface area contributed by atoms with E-state index in [1.54, 1.807) is 19.2 Å². The first kappa shape index (κ1) is 21.9. The zero-order valence-corrected chi connectivity index (χ0v) is 19.0. The van der Waals surface area contributed by atoms with Crippen LogP contribution in [0.4, 0.5) is 17.5 Å². The molecular formula is C20H21N7O3S2. The summed E-state index contributed by atoms with van der Waals surface area (Å²) in [7, 11) is -2.11. The molecule has 0 unspecified atom stereocenters. The summed E-state index contributed by atoms with van der Waals surface area (Å²) in [5.41, 5.74) is 2.55. The smallest absolute Gasteiger partial charge is 0.242 e. The van der Waals surface area contributed by atoms with Gasteiger partial charge < -0.3 is 15.4 Å². The highest BCUT2D eigenvalue weighted by atomic mass is 32.2. The van der Waals surface area contributed by atoms with Crippen LogP contribution in [0.5, 0.6) is 5.75 Å². The monoisotopic (exact) mass is 471 g/mol. The quantitative estimate of drug-likeness (QED) is 0.315. The van der Waals surface area contributed by atoms with Gasteiger partial charge >= 0.3 is 0 Å². The van der Waals surface area contributed by atoms with E-state index in [0.717, 1.165) is 28.9 Å². The number of sulfonamides is 1. The predicted molar refractivity (Wildman–Crippen MR) is 124 cm³/mol. The van der Waals surface area contributed by atoms with Gasteiger partial charge in [-0.25, -0.2) is 18.1 Å². The molecule has 4 aromatic rings. The molecule has 0 fully saturated rings. The molecule has 0 radical (unpaired) electrons. The number of fused-ring (bicyclic) bond motifs is 1. The standard InChI is InChI=1S/C20H21N7O3S2/c1-13-12-18(24-14-6-8-15(30-2)9-7-14)25-20(23-13)21-10-11-22-32(28,29)17-5-3-4-16-19(17)27-31-26-16/h3-9,12,22H,10-11H2,1-2H3,(H2,21,23,24,25). The van der Waals surface area contributed by atoms with Crippen LogP contribution in [-0.4, -0.2) is 47.3 Å². The number of aromatic nitrogens is 4. The minimum absolute atomic E-state index is 0.113. The fourth-order valence-electron chi connectivity index (χ4n) is 2.97. The molecule has 12 heteroatoms. The Morgan fingerprint density at radius 1 is 1.03 bits per heavy atom. The summed E-state index contributed by atoms with van der Waals surface area (Å²) in [4.78, 5) is 8.90. The lowest BCUT2D eigenvalue weighted by Gasteiger charge is -2.11. The average molecular weight is 472 g/mol. The largest absolute Gasteiger partial charge is 0.497 e. The molecule has 32 heavy (non-hydrogen) atoms. The second kappa shape index (κ2) is 9.42. The van der Waals surface area contributed by atoms with Crippen molar-refractivity contribution in [2.24, 2.45) is 0 Å². The predicted octanol–water partition coefficient (Wildman–Crippen LogP) is 2.93. The second-order valence-electron chi connectivity index (χ2n) is 6.78. The molecule has 2 aromatic carbocycles. The lowest BCUT2D eigenvalue weighted by molar-refractivity contribution is 0.415. The van der Waals surface area contributed by atoms with Crippen LogP contribution >= 0.6 is 11.7 Å². The van der Waals surface area contributed by atoms with Crippen LogP contribution in [0.3, 0.4) is 0 Å². The van der Waals surface area contributed by atoms with E-state index in [9.17, 15) is 8.42 Å². The fraction of sp³-hybridized carbons (Fsp3) is 0.200. The molecule has 0 atom stereocenters. The van der Waals surface area contributed by atoms with Crippen molar-refractivity contribution in [2.45, 2.75) is 11.8 Å². The minimum atomic E-state index is -3.72. The maximum atomic E-state index is 12.7. The number of aryl methyl sites for hydroxylation is 1. The average Bonchev–Trinajstić information content (AvgIpc) is 3.26. The van der Waals surface area contributed by atoms with Crippen LogP contribution in [0.25, 0.3) is 11.0 Å². The third kappa shape index (κ3) is 5.10. The van der Waals surface area contributed by atoms with Crippen LogP contribution in [0.2, 0.25) is 0 Å². The molecule has 0 saturated carbocycles. The summed E-state index contributed by atoms with van der Waals surface area (Å²) in [5, 5.41) is 6.27. The van der Waals surface area contributed by atoms with E-state index in [4.69, 9.17) is 4.74 Å². The van der Waals surface area contributed by atoms with Gasteiger partial charge in [-0.15, -0.1) is 0 Å². The van der Waals surface area contributed by atoms with Gasteiger partial charge in [-0.2, -0.15) is 13.7 Å². The molecule has 0 bridgehead atoms. The number of nitrogens with zero attached hydrogens (tertiary/aromatic N) is 4. The molecule has 4 rings (SSSR count). The van der Waals surface area contributed by atoms with Crippen molar-refractivity contribution in [1.29, 1.82) is 0 Å². The van der Waals surface area contributed by atoms with Crippen molar-refractivity contribution < 1.29 is 13.2 Å². The van der Waals surface area contributed by atoms with E-state index in [0.29, 0.717) is 29.3 Å². The van der Waals surface area contributed by atoms with Crippen molar-refractivity contribution >= 4 is 50.2 Å². The van der Waals surface area contributed by atoms with E-state index >= 15 is 0 Å². The molecule has 166 valence electrons. The highest BCUT2D eigenvalue weighted by molar-refractivity contribution is 7.89. The number of ether oxygens (including phenoxy) is 1. The van der Waals surface area contributed by atoms with Crippen molar-refractivity contribution in [3.8, 4) is 5.75 Å². The minimum Gasteiger partial charge on any atom is -0.497 e. The zero-order chi connectivity index (χ0) is 22.6. The number of benzene rings is 2. The normalized spacial score (nSPS) is 11.4. The summed E-state index contributed by atoms with van der Waals surface area (Å²) in [6, 6.07) is 14.2. The second-order valence-corrected chi connectivity index (χ2v) is 9.05. The Morgan fingerprint density at radius 2 is 1.84 bits per heavy atom. The molecule has 0 aliphatic heterocycles. The number of nitrogens with one attached hydrogen (secondary N) is 3. The fourth-order valence-corrected chi connectivity index (χ4v) is 4.77. The third-order valence-corrected chi connectivity index (χ3v) is 6.49. The van der Waals surface area contributed by atoms with Gasteiger partial charge in [-0.05, 0) is 43.3 Å². The van der Waals surface area contributed by atoms with E-state index < -0.39 is 10.0 Å². The van der Waals surface area contributed by atoms with Gasteiger partial charge in [-0.1, -0.05) is 6.07 Å². The van der Waals surface area contributed by atoms with E-state index in [1.807, 2.05) is 37.3 Å². The van der Waals surface area contributed by atoms with Gasteiger partial charge in [0.15, 0.2) is 0 Å². The van der Waals surface area contributed by atoms with Crippen molar-refractivity contribution in [3.63, 3.8) is 0 Å². The Labute approximate surface area is 189 Å². The highest BCUT2D eigenvalue weighted by Crippen LogP contribution is 2.21. The molecule has 10 nitrogen and oxygen atoms in total. The molecular weight excluding hydrogens is 450 g/mol. The Kier molecular flexibility index (Phi) is 6.44. The summed E-state index contributed by atoms with van der Waals surface area (Å²) < 4.78 is 41.2. The lowest BCUT2D eigenvalue weighted by Crippen LogP contribution is -2.29. The summed E-state index contributed by atoms with van der Waals surface area (Å²) in [6.45, 7) is 2.31. The lowest BCUT2D eigenvalue weighted by atomic mass is 10.3. The van der Waals surface area contributed by atoms with Gasteiger partial charge in [-0.3, -0.25) is 0 Å². The number of hydrogen-bond acceptors (Lipinski definition) is 10. The van der Waals surface area contributed by atoms with Crippen LogP contribution in [0.1, 0.15) is 5.69 Å². The van der Waals surface area contributed by atoms with E-state index in [1.165, 1.54) is 6.07 Å². The molecule has 0 aliphatic carbocycles. The molecule has 2 heterocycles. The highest BCUT2D eigenvalue weighted by Gasteiger charge is 2.18. The number of methoxy groups -OCH3 is 1. The topological polar surface area (TPSA) is 131 Å². The molecule has 0 saturated heterocycles. The number of anilines is 3. The van der Waals surface area contributed by atoms with Gasteiger partial charge in [0.05, 0.1) is 18.8 Å². The van der Waals surface area contributed by atoms with Crippen LogP contribution < -0.4 is 20.1 Å². The van der Waals surface area contributed by atoms with Gasteiger partial charge in [0, 0.05) is 30.5 Å². The summed E-state index contributed by atoms with van der Waals surface area (Å²) in [5.74, 6) is 1.78. The van der Waals surface area contributed by atoms with Crippen molar-refractivity contribution in [1.82, 2.24) is 23.4 Å². The summed E-state index contributed by atoms with van der Waals surface area (Å²) >= 11 is 0.980. The first-order valence-electron chi connectivity index (χ1n) is 9.66. The molecule has 2 aromatic heterocycles. The third-order valence-electron chi connectivity index (χ3n) is 4.46. The molecule has 3 N–H and O–H groups in total. The van der Waals surface area contributed by atoms with Crippen LogP contribution in [-0.2, 0) is 10.0 Å². The van der Waals surface area contributed by atoms with Crippen molar-refractivity contribution in [3.05, 3.63) is 54.2 Å². The zero-order valence-electron chi connectivity index (χ0n) is 17.4. The maximum absolute atomic E-state index is 12.7. The Hall–Kier alpha value is -3.35. The maximum Gasteiger partial charge on any atom is 0.242 e. The first-order chi connectivity index (χ1) is 15.4. The van der Waals surface area contributed by atoms with Gasteiger partial charge in [0.1, 0.15) is 27.5 Å². The number of rotatable bonds is 9. The number of hydrogen-bond donors (Lipinski definition) is 3. The van der Waals surface area contributed by atoms with Gasteiger partial charge in [0.25, 0.3) is 0 Å². The Balaban J connectivity index is 1.37. The van der Waals surface area contributed by atoms with Crippen LogP contribution in [0.15, 0.2) is 53.4 Å². The molecule has 0 aliphatic rings. The SMILES string of the molecule is COc1ccc(Nc2cc(C)nc(NCCNS(=O)(=O)c3cccc4nsnc34)n2)cc1. The Bertz CT molecular complexity index is 1320. The van der Waals surface area contributed by atoms with E-state index in [-0.39, 0.29) is 11.4 Å². The molecule has 0 amide bonds. The Morgan fingerprint density at radius 3 is 2.62 bits per heavy atom. The van der Waals surface area contributed by atoms with Crippen LogP contribution in [0, 0.1) is 6.92 Å². The summed E-state index contributed by atoms with van der Waals surface area (Å²) in [6.07, 6.45) is 0. The van der Waals surface area contributed by atoms with Gasteiger partial charge in [0.2, 0.25) is 16.0 Å². The van der Waals surface area contributed by atoms with E-state index in [2.05, 4.69) is 34.1 Å². The molecule has 0 spiro atoms.